The smallest absolute Gasteiger partial charge is 0.310 e. The Morgan fingerprint density at radius 2 is 1.89 bits per heavy atom. The molecule has 6 atom stereocenters. The fourth-order valence-corrected chi connectivity index (χ4v) is 6.04. The summed E-state index contributed by atoms with van der Waals surface area (Å²) in [6.45, 7) is 0. The molecule has 0 aromatic heterocycles. The maximum atomic E-state index is 12.9. The maximum Gasteiger partial charge on any atom is 0.310 e. The second kappa shape index (κ2) is 6.78. The lowest BCUT2D eigenvalue weighted by molar-refractivity contribution is -0.145. The van der Waals surface area contributed by atoms with Crippen molar-refractivity contribution in [1.29, 1.82) is 0 Å². The molecule has 1 heterocycles. The number of amides is 1. The number of benzene rings is 2. The Morgan fingerprint density at radius 3 is 2.64 bits per heavy atom. The number of esters is 1. The number of fused-ring (bicyclic) bond motifs is 1. The number of halogens is 2. The van der Waals surface area contributed by atoms with Gasteiger partial charge in [0, 0.05) is 11.6 Å². The van der Waals surface area contributed by atoms with Crippen LogP contribution in [0.3, 0.4) is 0 Å². The maximum absolute atomic E-state index is 12.9. The molecule has 1 saturated heterocycles. The number of hydrogen-bond donors (Lipinski definition) is 1. The van der Waals surface area contributed by atoms with Crippen LogP contribution in [-0.2, 0) is 14.3 Å². The van der Waals surface area contributed by atoms with Gasteiger partial charge in [0.1, 0.15) is 17.6 Å². The lowest BCUT2D eigenvalue weighted by Crippen LogP contribution is -2.40. The van der Waals surface area contributed by atoms with Crippen LogP contribution < -0.4 is 10.1 Å². The summed E-state index contributed by atoms with van der Waals surface area (Å²) in [5, 5.41) is 3.48. The van der Waals surface area contributed by atoms with Gasteiger partial charge in [-0.05, 0) is 48.7 Å². The lowest BCUT2D eigenvalue weighted by atomic mass is 9.79. The molecule has 0 radical (unpaired) electrons. The highest BCUT2D eigenvalue weighted by atomic mass is 79.9. The van der Waals surface area contributed by atoms with Crippen LogP contribution in [0.5, 0.6) is 11.5 Å². The first-order valence-corrected chi connectivity index (χ1v) is 10.5. The number of alkyl halides is 1. The summed E-state index contributed by atoms with van der Waals surface area (Å²) in [6, 6.07) is 14.3. The van der Waals surface area contributed by atoms with Crippen molar-refractivity contribution >= 4 is 45.1 Å². The molecule has 28 heavy (non-hydrogen) atoms. The van der Waals surface area contributed by atoms with Gasteiger partial charge in [-0.25, -0.2) is 0 Å². The Hall–Kier alpha value is -2.05. The minimum absolute atomic E-state index is 0.0577. The fraction of sp³-hybridized carbons (Fsp3) is 0.333. The largest absolute Gasteiger partial charge is 0.461 e. The van der Waals surface area contributed by atoms with E-state index in [0.29, 0.717) is 22.2 Å². The van der Waals surface area contributed by atoms with Gasteiger partial charge in [-0.3, -0.25) is 9.59 Å². The molecular weight excluding hydrogens is 446 g/mol. The normalized spacial score (nSPS) is 32.3. The van der Waals surface area contributed by atoms with Crippen LogP contribution in [0.1, 0.15) is 6.42 Å². The molecule has 3 fully saturated rings. The Labute approximate surface area is 175 Å². The Bertz CT molecular complexity index is 950. The molecule has 7 heteroatoms. The van der Waals surface area contributed by atoms with Crippen LogP contribution in [0, 0.1) is 23.7 Å². The SMILES string of the molecule is O=C(Nc1ccc(Oc2ccccc2Cl)cc1)C1C2CC3C(OC(=O)C31)C2Br. The predicted molar refractivity (Wildman–Crippen MR) is 108 cm³/mol. The molecule has 3 aliphatic rings. The summed E-state index contributed by atoms with van der Waals surface area (Å²) < 4.78 is 11.2. The van der Waals surface area contributed by atoms with Crippen LogP contribution in [0.2, 0.25) is 5.02 Å². The van der Waals surface area contributed by atoms with Crippen LogP contribution in [0.15, 0.2) is 48.5 Å². The molecule has 2 saturated carbocycles. The van der Waals surface area contributed by atoms with Gasteiger partial charge in [0.15, 0.2) is 0 Å². The highest BCUT2D eigenvalue weighted by Gasteiger charge is 2.67. The first kappa shape index (κ1) is 18.0. The van der Waals surface area contributed by atoms with Crippen molar-refractivity contribution in [2.24, 2.45) is 23.7 Å². The number of hydrogen-bond acceptors (Lipinski definition) is 4. The van der Waals surface area contributed by atoms with Crippen LogP contribution in [0.25, 0.3) is 0 Å². The van der Waals surface area contributed by atoms with E-state index in [2.05, 4.69) is 21.2 Å². The molecule has 2 aromatic rings. The van der Waals surface area contributed by atoms with E-state index in [-0.39, 0.29) is 46.5 Å². The molecular formula is C21H17BrClNO4. The van der Waals surface area contributed by atoms with Crippen molar-refractivity contribution in [2.45, 2.75) is 17.4 Å². The highest BCUT2D eigenvalue weighted by molar-refractivity contribution is 9.09. The van der Waals surface area contributed by atoms with E-state index in [4.69, 9.17) is 21.1 Å². The van der Waals surface area contributed by atoms with E-state index < -0.39 is 0 Å². The van der Waals surface area contributed by atoms with Crippen LogP contribution in [-0.4, -0.2) is 22.8 Å². The second-order valence-corrected chi connectivity index (χ2v) is 8.97. The summed E-state index contributed by atoms with van der Waals surface area (Å²) in [5.74, 6) is 0.459. The zero-order valence-corrected chi connectivity index (χ0v) is 17.0. The third-order valence-corrected chi connectivity index (χ3v) is 7.52. The summed E-state index contributed by atoms with van der Waals surface area (Å²) in [6.07, 6.45) is 0.785. The summed E-state index contributed by atoms with van der Waals surface area (Å²) in [5.41, 5.74) is 0.660. The van der Waals surface area contributed by atoms with Gasteiger partial charge in [0.25, 0.3) is 0 Å². The summed E-state index contributed by atoms with van der Waals surface area (Å²) in [4.78, 5) is 25.2. The first-order chi connectivity index (χ1) is 13.5. The van der Waals surface area contributed by atoms with Gasteiger partial charge in [0.2, 0.25) is 5.91 Å². The van der Waals surface area contributed by atoms with Crippen molar-refractivity contribution in [1.82, 2.24) is 0 Å². The van der Waals surface area contributed by atoms with Gasteiger partial charge < -0.3 is 14.8 Å². The number of para-hydroxylation sites is 1. The van der Waals surface area contributed by atoms with Gasteiger partial charge in [-0.15, -0.1) is 0 Å². The Balaban J connectivity index is 1.28. The topological polar surface area (TPSA) is 64.6 Å². The minimum Gasteiger partial charge on any atom is -0.461 e. The van der Waals surface area contributed by atoms with E-state index in [1.165, 1.54) is 0 Å². The van der Waals surface area contributed by atoms with Crippen molar-refractivity contribution in [3.63, 3.8) is 0 Å². The molecule has 5 nitrogen and oxygen atoms in total. The third-order valence-electron chi connectivity index (χ3n) is 6.01. The van der Waals surface area contributed by atoms with Crippen molar-refractivity contribution < 1.29 is 19.1 Å². The molecule has 144 valence electrons. The summed E-state index contributed by atoms with van der Waals surface area (Å²) in [7, 11) is 0. The molecule has 2 aromatic carbocycles. The van der Waals surface area contributed by atoms with E-state index in [9.17, 15) is 9.59 Å². The quantitative estimate of drug-likeness (QED) is 0.531. The molecule has 1 aliphatic heterocycles. The van der Waals surface area contributed by atoms with E-state index in [1.807, 2.05) is 12.1 Å². The van der Waals surface area contributed by atoms with Crippen molar-refractivity contribution in [2.75, 3.05) is 5.32 Å². The molecule has 0 spiro atoms. The number of carbonyl (C=O) groups is 2. The number of ether oxygens (including phenoxy) is 2. The number of carbonyl (C=O) groups excluding carboxylic acids is 2. The minimum atomic E-state index is -0.348. The fourth-order valence-electron chi connectivity index (χ4n) is 4.82. The standard InChI is InChI=1S/C21H17BrClNO4/c22-18-12-9-13-17(21(26)28-19(13)18)16(12)20(25)24-10-5-7-11(8-6-10)27-15-4-2-1-3-14(15)23/h1-8,12-13,16-19H,9H2,(H,24,25). The monoisotopic (exact) mass is 461 g/mol. The third kappa shape index (κ3) is 2.81. The first-order valence-electron chi connectivity index (χ1n) is 9.21. The molecule has 1 N–H and O–H groups in total. The lowest BCUT2D eigenvalue weighted by Gasteiger charge is -2.27. The zero-order valence-electron chi connectivity index (χ0n) is 14.7. The average Bonchev–Trinajstić information content (AvgIpc) is 3.29. The second-order valence-electron chi connectivity index (χ2n) is 7.51. The Morgan fingerprint density at radius 1 is 1.14 bits per heavy atom. The summed E-state index contributed by atoms with van der Waals surface area (Å²) >= 11 is 9.74. The molecule has 6 unspecified atom stereocenters. The van der Waals surface area contributed by atoms with Crippen molar-refractivity contribution in [3.05, 3.63) is 53.6 Å². The van der Waals surface area contributed by atoms with E-state index in [0.717, 1.165) is 6.42 Å². The molecule has 2 aliphatic carbocycles. The number of anilines is 1. The Kier molecular flexibility index (Phi) is 4.36. The molecule has 1 amide bonds. The number of nitrogens with one attached hydrogen (secondary N) is 1. The van der Waals surface area contributed by atoms with Gasteiger partial charge in [-0.2, -0.15) is 0 Å². The van der Waals surface area contributed by atoms with Gasteiger partial charge in [-0.1, -0.05) is 39.7 Å². The number of rotatable bonds is 4. The molecule has 5 rings (SSSR count). The van der Waals surface area contributed by atoms with E-state index >= 15 is 0 Å². The zero-order chi connectivity index (χ0) is 19.4. The van der Waals surface area contributed by atoms with Crippen LogP contribution in [0.4, 0.5) is 5.69 Å². The highest BCUT2D eigenvalue weighted by Crippen LogP contribution is 2.60. The van der Waals surface area contributed by atoms with Crippen molar-refractivity contribution in [3.8, 4) is 11.5 Å². The van der Waals surface area contributed by atoms with Gasteiger partial charge in [0.05, 0.1) is 21.7 Å². The average molecular weight is 463 g/mol. The van der Waals surface area contributed by atoms with Gasteiger partial charge >= 0.3 is 5.97 Å². The van der Waals surface area contributed by atoms with Crippen LogP contribution >= 0.6 is 27.5 Å². The van der Waals surface area contributed by atoms with E-state index in [1.54, 1.807) is 36.4 Å². The molecule has 2 bridgehead atoms. The predicted octanol–water partition coefficient (Wildman–Crippen LogP) is 4.64.